The zero-order valence-corrected chi connectivity index (χ0v) is 23.0. The van der Waals surface area contributed by atoms with E-state index in [2.05, 4.69) is 5.32 Å². The van der Waals surface area contributed by atoms with Crippen LogP contribution in [-0.2, 0) is 9.59 Å². The zero-order valence-electron chi connectivity index (χ0n) is 23.0. The highest BCUT2D eigenvalue weighted by Crippen LogP contribution is 2.45. The molecule has 0 aromatic heterocycles. The molecule has 2 aliphatic heterocycles. The number of rotatable bonds is 12. The van der Waals surface area contributed by atoms with E-state index in [1.54, 1.807) is 0 Å². The molecule has 7 heteroatoms. The normalized spacial score (nSPS) is 27.7. The summed E-state index contributed by atoms with van der Waals surface area (Å²) in [6.07, 6.45) is 9.41. The van der Waals surface area contributed by atoms with Crippen LogP contribution in [0.4, 0.5) is 0 Å². The first-order chi connectivity index (χ1) is 15.5. The number of amides is 1. The van der Waals surface area contributed by atoms with Crippen LogP contribution >= 0.6 is 0 Å². The van der Waals surface area contributed by atoms with E-state index in [1.165, 1.54) is 10.1 Å². The average molecular weight is 482 g/mol. The highest BCUT2D eigenvalue weighted by molar-refractivity contribution is 5.83. The van der Waals surface area contributed by atoms with Crippen molar-refractivity contribution in [3.05, 3.63) is 0 Å². The average Bonchev–Trinajstić information content (AvgIpc) is 3.01. The molecule has 0 spiro atoms. The van der Waals surface area contributed by atoms with Gasteiger partial charge in [0.1, 0.15) is 5.78 Å². The van der Waals surface area contributed by atoms with E-state index in [9.17, 15) is 20.0 Å². The SMILES string of the molecule is CC1(C)CC(C(=O)CCCCCCCCCNC(=O)C2CC(C)(C)N(O)C2(C)C)C(C)(C)N1O. The third-order valence-electron chi connectivity index (χ3n) is 8.46. The van der Waals surface area contributed by atoms with Gasteiger partial charge in [0, 0.05) is 30.0 Å². The molecule has 2 heterocycles. The predicted octanol–water partition coefficient (Wildman–Crippen LogP) is 5.33. The van der Waals surface area contributed by atoms with Crippen LogP contribution in [0.1, 0.15) is 120 Å². The first kappa shape index (κ1) is 29.2. The Balaban J connectivity index is 1.54. The van der Waals surface area contributed by atoms with Crippen molar-refractivity contribution in [1.29, 1.82) is 0 Å². The fourth-order valence-electron chi connectivity index (χ4n) is 6.27. The van der Waals surface area contributed by atoms with Gasteiger partial charge < -0.3 is 15.7 Å². The van der Waals surface area contributed by atoms with Crippen LogP contribution in [0.25, 0.3) is 0 Å². The molecule has 0 aromatic carbocycles. The molecule has 3 N–H and O–H groups in total. The third-order valence-corrected chi connectivity index (χ3v) is 8.46. The molecule has 2 rings (SSSR count). The van der Waals surface area contributed by atoms with Crippen LogP contribution in [0, 0.1) is 11.8 Å². The third kappa shape index (κ3) is 6.40. The first-order valence-electron chi connectivity index (χ1n) is 13.3. The number of ketones is 1. The van der Waals surface area contributed by atoms with Crippen molar-refractivity contribution in [3.63, 3.8) is 0 Å². The van der Waals surface area contributed by atoms with Crippen molar-refractivity contribution >= 4 is 11.7 Å². The lowest BCUT2D eigenvalue weighted by Gasteiger charge is -2.35. The van der Waals surface area contributed by atoms with Crippen molar-refractivity contribution in [3.8, 4) is 0 Å². The summed E-state index contributed by atoms with van der Waals surface area (Å²) in [5.41, 5.74) is -1.81. The van der Waals surface area contributed by atoms with Crippen molar-refractivity contribution in [2.24, 2.45) is 11.8 Å². The summed E-state index contributed by atoms with van der Waals surface area (Å²) in [6, 6.07) is 0. The van der Waals surface area contributed by atoms with Gasteiger partial charge in [-0.2, -0.15) is 10.1 Å². The van der Waals surface area contributed by atoms with E-state index in [-0.39, 0.29) is 34.6 Å². The Morgan fingerprint density at radius 2 is 1.12 bits per heavy atom. The molecule has 0 bridgehead atoms. The van der Waals surface area contributed by atoms with Gasteiger partial charge in [0.15, 0.2) is 0 Å². The van der Waals surface area contributed by atoms with E-state index in [1.807, 2.05) is 55.4 Å². The van der Waals surface area contributed by atoms with E-state index in [0.29, 0.717) is 25.8 Å². The van der Waals surface area contributed by atoms with E-state index in [0.717, 1.165) is 44.9 Å². The Morgan fingerprint density at radius 3 is 1.56 bits per heavy atom. The second-order valence-electron chi connectivity index (χ2n) is 13.1. The molecule has 2 saturated heterocycles. The quantitative estimate of drug-likeness (QED) is 0.326. The molecular weight excluding hydrogens is 430 g/mol. The molecule has 2 fully saturated rings. The zero-order chi connectivity index (χ0) is 25.9. The molecule has 2 unspecified atom stereocenters. The van der Waals surface area contributed by atoms with Crippen LogP contribution in [-0.4, -0.2) is 60.9 Å². The fraction of sp³-hybridized carbons (Fsp3) is 0.926. The number of Topliss-reactive ketones (excluding diaryl/α,β-unsaturated/α-hetero) is 1. The minimum absolute atomic E-state index is 0.0393. The Kier molecular flexibility index (Phi) is 9.40. The molecule has 2 atom stereocenters. The van der Waals surface area contributed by atoms with Gasteiger partial charge in [0.2, 0.25) is 5.91 Å². The lowest BCUT2D eigenvalue weighted by Crippen LogP contribution is -2.49. The molecule has 0 aliphatic carbocycles. The van der Waals surface area contributed by atoms with Gasteiger partial charge in [-0.25, -0.2) is 0 Å². The van der Waals surface area contributed by atoms with Gasteiger partial charge in [-0.1, -0.05) is 32.1 Å². The number of hydrogen-bond acceptors (Lipinski definition) is 6. The Morgan fingerprint density at radius 1 is 0.706 bits per heavy atom. The van der Waals surface area contributed by atoms with Gasteiger partial charge >= 0.3 is 0 Å². The molecule has 7 nitrogen and oxygen atoms in total. The first-order valence-corrected chi connectivity index (χ1v) is 13.3. The predicted molar refractivity (Wildman–Crippen MR) is 135 cm³/mol. The highest BCUT2D eigenvalue weighted by Gasteiger charge is 2.54. The number of nitrogens with one attached hydrogen (secondary N) is 1. The molecule has 0 aromatic rings. The maximum atomic E-state index is 12.8. The Hall–Kier alpha value is -1.02. The number of carbonyl (C=O) groups is 2. The molecule has 0 saturated carbocycles. The van der Waals surface area contributed by atoms with Crippen LogP contribution < -0.4 is 5.32 Å². The lowest BCUT2D eigenvalue weighted by atomic mass is 9.82. The Bertz CT molecular complexity index is 657. The monoisotopic (exact) mass is 481 g/mol. The van der Waals surface area contributed by atoms with Crippen molar-refractivity contribution in [2.75, 3.05) is 6.54 Å². The summed E-state index contributed by atoms with van der Waals surface area (Å²) in [5, 5.41) is 26.6. The van der Waals surface area contributed by atoms with Crippen LogP contribution in [0.5, 0.6) is 0 Å². The molecule has 1 amide bonds. The van der Waals surface area contributed by atoms with E-state index >= 15 is 0 Å². The van der Waals surface area contributed by atoms with Crippen LogP contribution in [0.15, 0.2) is 0 Å². The molecule has 2 aliphatic rings. The summed E-state index contributed by atoms with van der Waals surface area (Å²) < 4.78 is 0. The van der Waals surface area contributed by atoms with Gasteiger partial charge in [0.05, 0.1) is 17.0 Å². The largest absolute Gasteiger partial charge is 0.356 e. The Labute approximate surface area is 207 Å². The van der Waals surface area contributed by atoms with E-state index < -0.39 is 11.1 Å². The van der Waals surface area contributed by atoms with Gasteiger partial charge in [0.25, 0.3) is 0 Å². The summed E-state index contributed by atoms with van der Waals surface area (Å²) in [6.45, 7) is 16.4. The van der Waals surface area contributed by atoms with Gasteiger partial charge in [-0.15, -0.1) is 0 Å². The van der Waals surface area contributed by atoms with Gasteiger partial charge in [-0.05, 0) is 81.1 Å². The van der Waals surface area contributed by atoms with Crippen LogP contribution in [0.3, 0.4) is 0 Å². The standard InChI is InChI=1S/C27H51N3O4/c1-24(2)18-20(26(5,6)29(24)33)22(31)16-14-12-10-9-11-13-15-17-28-23(32)21-19-25(3,4)30(34)27(21,7)8/h20-21,33-34H,9-19H2,1-8H3,(H,28,32). The minimum atomic E-state index is -0.559. The van der Waals surface area contributed by atoms with Crippen molar-refractivity contribution in [1.82, 2.24) is 15.4 Å². The lowest BCUT2D eigenvalue weighted by molar-refractivity contribution is -0.197. The molecule has 34 heavy (non-hydrogen) atoms. The topological polar surface area (TPSA) is 93.1 Å². The second-order valence-corrected chi connectivity index (χ2v) is 13.1. The number of hydrogen-bond donors (Lipinski definition) is 3. The number of carbonyl (C=O) groups excluding carboxylic acids is 2. The minimum Gasteiger partial charge on any atom is -0.356 e. The summed E-state index contributed by atoms with van der Waals surface area (Å²) in [5.74, 6) is 0.00142. The number of nitrogens with zero attached hydrogens (tertiary/aromatic N) is 2. The highest BCUT2D eigenvalue weighted by atomic mass is 16.5. The number of unbranched alkanes of at least 4 members (excludes halogenated alkanes) is 6. The maximum Gasteiger partial charge on any atom is 0.225 e. The number of hydroxylamine groups is 4. The summed E-state index contributed by atoms with van der Waals surface area (Å²) >= 11 is 0. The van der Waals surface area contributed by atoms with Crippen LogP contribution in [0.2, 0.25) is 0 Å². The fourth-order valence-corrected chi connectivity index (χ4v) is 6.27. The second kappa shape index (κ2) is 10.9. The maximum absolute atomic E-state index is 12.8. The smallest absolute Gasteiger partial charge is 0.225 e. The summed E-state index contributed by atoms with van der Waals surface area (Å²) in [7, 11) is 0. The summed E-state index contributed by atoms with van der Waals surface area (Å²) in [4.78, 5) is 25.4. The molecule has 198 valence electrons. The van der Waals surface area contributed by atoms with Crippen molar-refractivity contribution in [2.45, 2.75) is 142 Å². The van der Waals surface area contributed by atoms with Crippen molar-refractivity contribution < 1.29 is 20.0 Å². The van der Waals surface area contributed by atoms with E-state index in [4.69, 9.17) is 0 Å². The molecular formula is C27H51N3O4. The van der Waals surface area contributed by atoms with Gasteiger partial charge in [-0.3, -0.25) is 9.59 Å². The molecule has 0 radical (unpaired) electrons.